The summed E-state index contributed by atoms with van der Waals surface area (Å²) in [5.74, 6) is 0.839. The number of aryl methyl sites for hydroxylation is 1. The predicted octanol–water partition coefficient (Wildman–Crippen LogP) is 3.59. The van der Waals surface area contributed by atoms with Gasteiger partial charge in [0.05, 0.1) is 10.6 Å². The number of nitrogens with zero attached hydrogens (tertiary/aromatic N) is 1. The summed E-state index contributed by atoms with van der Waals surface area (Å²) in [6.07, 6.45) is 1.25. The molecule has 2 aromatic rings. The number of carbonyl (C=O) groups excluding carboxylic acids is 1. The lowest BCUT2D eigenvalue weighted by Gasteiger charge is -2.17. The third-order valence-electron chi connectivity index (χ3n) is 3.76. The summed E-state index contributed by atoms with van der Waals surface area (Å²) in [6.45, 7) is 1.10. The van der Waals surface area contributed by atoms with Crippen molar-refractivity contribution in [2.45, 2.75) is 12.8 Å². The van der Waals surface area contributed by atoms with E-state index in [1.165, 1.54) is 0 Å². The molecule has 24 heavy (non-hydrogen) atoms. The molecule has 3 rings (SSSR count). The van der Waals surface area contributed by atoms with Crippen LogP contribution in [0.2, 0.25) is 5.02 Å². The topological polar surface area (TPSA) is 74.1 Å². The van der Waals surface area contributed by atoms with Gasteiger partial charge in [-0.1, -0.05) is 11.6 Å². The standard InChI is InChI=1S/C18H16ClN3O2/c19-16-10-14(3-1-13(16)11-20)21-7-8-24-15-4-5-17-12(9-15)2-6-18(23)22-17/h1,3-5,9-10,21H,2,6-8H2,(H,22,23). The fourth-order valence-electron chi connectivity index (χ4n) is 2.53. The molecule has 0 aliphatic carbocycles. The number of amides is 1. The van der Waals surface area contributed by atoms with Gasteiger partial charge in [-0.25, -0.2) is 0 Å². The largest absolute Gasteiger partial charge is 0.492 e. The second-order valence-electron chi connectivity index (χ2n) is 5.45. The van der Waals surface area contributed by atoms with Gasteiger partial charge in [-0.2, -0.15) is 5.26 Å². The summed E-state index contributed by atoms with van der Waals surface area (Å²) < 4.78 is 5.74. The van der Waals surface area contributed by atoms with Crippen molar-refractivity contribution < 1.29 is 9.53 Å². The van der Waals surface area contributed by atoms with Gasteiger partial charge in [0.1, 0.15) is 18.4 Å². The molecule has 6 heteroatoms. The molecule has 122 valence electrons. The molecule has 2 N–H and O–H groups in total. The van der Waals surface area contributed by atoms with Crippen LogP contribution in [0.4, 0.5) is 11.4 Å². The predicted molar refractivity (Wildman–Crippen MR) is 93.5 cm³/mol. The van der Waals surface area contributed by atoms with Gasteiger partial charge in [0.25, 0.3) is 0 Å². The maximum absolute atomic E-state index is 11.3. The molecular weight excluding hydrogens is 326 g/mol. The number of hydrogen-bond acceptors (Lipinski definition) is 4. The first-order valence-electron chi connectivity index (χ1n) is 7.65. The maximum Gasteiger partial charge on any atom is 0.224 e. The number of carbonyl (C=O) groups is 1. The van der Waals surface area contributed by atoms with Crippen molar-refractivity contribution >= 4 is 28.9 Å². The molecule has 0 saturated carbocycles. The third kappa shape index (κ3) is 3.79. The van der Waals surface area contributed by atoms with E-state index in [0.29, 0.717) is 30.2 Å². The average Bonchev–Trinajstić information content (AvgIpc) is 2.59. The zero-order valence-electron chi connectivity index (χ0n) is 12.9. The quantitative estimate of drug-likeness (QED) is 0.815. The summed E-state index contributed by atoms with van der Waals surface area (Å²) in [5.41, 5.74) is 3.26. The highest BCUT2D eigenvalue weighted by Crippen LogP contribution is 2.26. The molecule has 0 aromatic heterocycles. The number of nitriles is 1. The molecular formula is C18H16ClN3O2. The molecule has 2 aromatic carbocycles. The Morgan fingerprint density at radius 1 is 1.25 bits per heavy atom. The van der Waals surface area contributed by atoms with Gasteiger partial charge in [-0.05, 0) is 48.4 Å². The van der Waals surface area contributed by atoms with Gasteiger partial charge in [0, 0.05) is 24.3 Å². The lowest BCUT2D eigenvalue weighted by atomic mass is 10.0. The van der Waals surface area contributed by atoms with Crippen LogP contribution in [-0.4, -0.2) is 19.1 Å². The Labute approximate surface area is 145 Å². The first-order chi connectivity index (χ1) is 11.7. The van der Waals surface area contributed by atoms with Gasteiger partial charge < -0.3 is 15.4 Å². The summed E-state index contributed by atoms with van der Waals surface area (Å²) in [6, 6.07) is 12.9. The number of halogens is 1. The molecule has 5 nitrogen and oxygen atoms in total. The molecule has 0 radical (unpaired) electrons. The number of fused-ring (bicyclic) bond motifs is 1. The fraction of sp³-hybridized carbons (Fsp3) is 0.222. The van der Waals surface area contributed by atoms with E-state index in [4.69, 9.17) is 21.6 Å². The van der Waals surface area contributed by atoms with E-state index in [9.17, 15) is 4.79 Å². The molecule has 0 unspecified atom stereocenters. The maximum atomic E-state index is 11.3. The van der Waals surface area contributed by atoms with Crippen LogP contribution in [-0.2, 0) is 11.2 Å². The van der Waals surface area contributed by atoms with Crippen molar-refractivity contribution in [3.63, 3.8) is 0 Å². The molecule has 1 aliphatic heterocycles. The van der Waals surface area contributed by atoms with Crippen LogP contribution in [0, 0.1) is 11.3 Å². The van der Waals surface area contributed by atoms with Gasteiger partial charge in [-0.15, -0.1) is 0 Å². The normalized spacial score (nSPS) is 12.8. The zero-order chi connectivity index (χ0) is 16.9. The van der Waals surface area contributed by atoms with E-state index < -0.39 is 0 Å². The average molecular weight is 342 g/mol. The van der Waals surface area contributed by atoms with Gasteiger partial charge >= 0.3 is 0 Å². The Balaban J connectivity index is 1.51. The van der Waals surface area contributed by atoms with E-state index in [-0.39, 0.29) is 5.91 Å². The fourth-order valence-corrected chi connectivity index (χ4v) is 2.75. The Kier molecular flexibility index (Phi) is 4.88. The summed E-state index contributed by atoms with van der Waals surface area (Å²) in [7, 11) is 0. The highest BCUT2D eigenvalue weighted by Gasteiger charge is 2.14. The van der Waals surface area contributed by atoms with Crippen LogP contribution in [0.25, 0.3) is 0 Å². The summed E-state index contributed by atoms with van der Waals surface area (Å²) in [4.78, 5) is 11.3. The van der Waals surface area contributed by atoms with Gasteiger partial charge in [0.15, 0.2) is 0 Å². The molecule has 1 amide bonds. The zero-order valence-corrected chi connectivity index (χ0v) is 13.7. The Morgan fingerprint density at radius 2 is 2.12 bits per heavy atom. The smallest absolute Gasteiger partial charge is 0.224 e. The number of hydrogen-bond donors (Lipinski definition) is 2. The van der Waals surface area contributed by atoms with E-state index >= 15 is 0 Å². The first kappa shape index (κ1) is 16.2. The number of anilines is 2. The van der Waals surface area contributed by atoms with Gasteiger partial charge in [0.2, 0.25) is 5.91 Å². The van der Waals surface area contributed by atoms with Crippen molar-refractivity contribution in [3.05, 3.63) is 52.5 Å². The molecule has 1 heterocycles. The van der Waals surface area contributed by atoms with Crippen LogP contribution in [0.5, 0.6) is 5.75 Å². The van der Waals surface area contributed by atoms with Gasteiger partial charge in [-0.3, -0.25) is 4.79 Å². The van der Waals surface area contributed by atoms with Crippen LogP contribution < -0.4 is 15.4 Å². The Morgan fingerprint density at radius 3 is 2.92 bits per heavy atom. The van der Waals surface area contributed by atoms with Crippen LogP contribution in [0.1, 0.15) is 17.5 Å². The minimum absolute atomic E-state index is 0.0569. The minimum Gasteiger partial charge on any atom is -0.492 e. The van der Waals surface area contributed by atoms with Crippen LogP contribution in [0.3, 0.4) is 0 Å². The van der Waals surface area contributed by atoms with Crippen molar-refractivity contribution in [3.8, 4) is 11.8 Å². The third-order valence-corrected chi connectivity index (χ3v) is 4.07. The van der Waals surface area contributed by atoms with Crippen LogP contribution in [0.15, 0.2) is 36.4 Å². The van der Waals surface area contributed by atoms with Crippen molar-refractivity contribution in [2.24, 2.45) is 0 Å². The number of nitrogens with one attached hydrogen (secondary N) is 2. The van der Waals surface area contributed by atoms with Crippen molar-refractivity contribution in [2.75, 3.05) is 23.8 Å². The molecule has 1 aliphatic rings. The molecule has 0 atom stereocenters. The molecule has 0 bridgehead atoms. The van der Waals surface area contributed by atoms with E-state index in [1.54, 1.807) is 12.1 Å². The molecule has 0 fully saturated rings. The highest BCUT2D eigenvalue weighted by atomic mass is 35.5. The SMILES string of the molecule is N#Cc1ccc(NCCOc2ccc3c(c2)CCC(=O)N3)cc1Cl. The number of benzene rings is 2. The van der Waals surface area contributed by atoms with E-state index in [1.807, 2.05) is 30.3 Å². The lowest BCUT2D eigenvalue weighted by Crippen LogP contribution is -2.19. The second kappa shape index (κ2) is 7.24. The van der Waals surface area contributed by atoms with Crippen LogP contribution >= 0.6 is 11.6 Å². The highest BCUT2D eigenvalue weighted by molar-refractivity contribution is 6.32. The van der Waals surface area contributed by atoms with E-state index in [2.05, 4.69) is 10.6 Å². The first-order valence-corrected chi connectivity index (χ1v) is 8.02. The number of rotatable bonds is 5. The number of ether oxygens (including phenoxy) is 1. The van der Waals surface area contributed by atoms with E-state index in [0.717, 1.165) is 29.1 Å². The minimum atomic E-state index is 0.0569. The van der Waals surface area contributed by atoms with Crippen molar-refractivity contribution in [1.29, 1.82) is 5.26 Å². The monoisotopic (exact) mass is 341 g/mol. The lowest BCUT2D eigenvalue weighted by molar-refractivity contribution is -0.116. The second-order valence-corrected chi connectivity index (χ2v) is 5.86. The molecule has 0 spiro atoms. The Hall–Kier alpha value is -2.71. The Bertz CT molecular complexity index is 814. The van der Waals surface area contributed by atoms with Crippen molar-refractivity contribution in [1.82, 2.24) is 0 Å². The molecule has 0 saturated heterocycles. The summed E-state index contributed by atoms with van der Waals surface area (Å²) in [5, 5.41) is 15.3. The summed E-state index contributed by atoms with van der Waals surface area (Å²) >= 11 is 5.99.